The molecule has 3 N–H and O–H groups in total. The van der Waals surface area contributed by atoms with Crippen molar-refractivity contribution in [3.8, 4) is 0 Å². The topological polar surface area (TPSA) is 88.7 Å². The Morgan fingerprint density at radius 2 is 2.09 bits per heavy atom. The van der Waals surface area contributed by atoms with E-state index in [1.165, 1.54) is 19.2 Å². The minimum Gasteiger partial charge on any atom is -0.455 e. The number of rotatable bonds is 7. The van der Waals surface area contributed by atoms with Gasteiger partial charge in [-0.2, -0.15) is 0 Å². The molecule has 2 unspecified atom stereocenters. The second-order valence-corrected chi connectivity index (χ2v) is 5.11. The number of carbonyl (C=O) groups is 2. The molecule has 8 heteroatoms. The highest BCUT2D eigenvalue weighted by molar-refractivity contribution is 5.81. The Morgan fingerprint density at radius 3 is 2.78 bits per heavy atom. The van der Waals surface area contributed by atoms with Crippen molar-refractivity contribution in [2.75, 3.05) is 33.4 Å². The fourth-order valence-corrected chi connectivity index (χ4v) is 2.29. The van der Waals surface area contributed by atoms with Crippen LogP contribution < -0.4 is 16.2 Å². The van der Waals surface area contributed by atoms with Crippen LogP contribution in [0.4, 0.5) is 4.39 Å². The van der Waals surface area contributed by atoms with Crippen LogP contribution in [0, 0.1) is 11.7 Å². The fraction of sp³-hybridized carbons (Fsp3) is 0.467. The SMILES string of the molecule is COCCNC(=O)COC(=O)C1CNNC1c1ccc(F)cc1. The van der Waals surface area contributed by atoms with Crippen LogP contribution in [-0.2, 0) is 19.1 Å². The molecule has 1 aliphatic heterocycles. The molecule has 1 saturated heterocycles. The van der Waals surface area contributed by atoms with E-state index in [4.69, 9.17) is 9.47 Å². The summed E-state index contributed by atoms with van der Waals surface area (Å²) in [5.41, 5.74) is 6.61. The van der Waals surface area contributed by atoms with Gasteiger partial charge in [-0.1, -0.05) is 12.1 Å². The number of ether oxygens (including phenoxy) is 2. The minimum absolute atomic E-state index is 0.334. The number of methoxy groups -OCH3 is 1. The molecule has 1 amide bonds. The number of carbonyl (C=O) groups excluding carboxylic acids is 2. The molecule has 23 heavy (non-hydrogen) atoms. The zero-order chi connectivity index (χ0) is 16.7. The van der Waals surface area contributed by atoms with Gasteiger partial charge in [-0.15, -0.1) is 0 Å². The molecule has 126 valence electrons. The predicted molar refractivity (Wildman–Crippen MR) is 79.6 cm³/mol. The Bertz CT molecular complexity index is 538. The van der Waals surface area contributed by atoms with Crippen LogP contribution in [0.25, 0.3) is 0 Å². The van der Waals surface area contributed by atoms with Crippen molar-refractivity contribution in [3.63, 3.8) is 0 Å². The van der Waals surface area contributed by atoms with Gasteiger partial charge in [-0.25, -0.2) is 9.82 Å². The highest BCUT2D eigenvalue weighted by Crippen LogP contribution is 2.26. The first-order chi connectivity index (χ1) is 11.1. The zero-order valence-corrected chi connectivity index (χ0v) is 12.8. The van der Waals surface area contributed by atoms with Gasteiger partial charge in [-0.3, -0.25) is 15.0 Å². The van der Waals surface area contributed by atoms with E-state index in [2.05, 4.69) is 16.2 Å². The lowest BCUT2D eigenvalue weighted by Gasteiger charge is -2.17. The zero-order valence-electron chi connectivity index (χ0n) is 12.8. The lowest BCUT2D eigenvalue weighted by Crippen LogP contribution is -2.33. The van der Waals surface area contributed by atoms with Crippen LogP contribution in [0.3, 0.4) is 0 Å². The van der Waals surface area contributed by atoms with E-state index in [0.29, 0.717) is 19.7 Å². The van der Waals surface area contributed by atoms with E-state index < -0.39 is 11.9 Å². The quantitative estimate of drug-likeness (QED) is 0.479. The van der Waals surface area contributed by atoms with Crippen LogP contribution in [0.5, 0.6) is 0 Å². The highest BCUT2D eigenvalue weighted by Gasteiger charge is 2.35. The van der Waals surface area contributed by atoms with Gasteiger partial charge in [-0.05, 0) is 17.7 Å². The molecule has 2 atom stereocenters. The van der Waals surface area contributed by atoms with E-state index in [9.17, 15) is 14.0 Å². The Balaban J connectivity index is 1.85. The summed E-state index contributed by atoms with van der Waals surface area (Å²) in [6.45, 7) is 0.780. The molecule has 1 aliphatic rings. The second kappa shape index (κ2) is 8.56. The van der Waals surface area contributed by atoms with Crippen LogP contribution in [0.1, 0.15) is 11.6 Å². The molecule has 0 spiro atoms. The number of halogens is 1. The van der Waals surface area contributed by atoms with Gasteiger partial charge < -0.3 is 14.8 Å². The Kier molecular flexibility index (Phi) is 6.45. The van der Waals surface area contributed by atoms with Gasteiger partial charge >= 0.3 is 5.97 Å². The number of benzene rings is 1. The number of amides is 1. The maximum absolute atomic E-state index is 13.0. The van der Waals surface area contributed by atoms with Crippen molar-refractivity contribution in [1.29, 1.82) is 0 Å². The van der Waals surface area contributed by atoms with Gasteiger partial charge in [0.1, 0.15) is 5.82 Å². The van der Waals surface area contributed by atoms with E-state index >= 15 is 0 Å². The summed E-state index contributed by atoms with van der Waals surface area (Å²) >= 11 is 0. The normalized spacial score (nSPS) is 20.3. The van der Waals surface area contributed by atoms with Crippen LogP contribution in [0.2, 0.25) is 0 Å². The molecular weight excluding hydrogens is 305 g/mol. The van der Waals surface area contributed by atoms with Crippen molar-refractivity contribution in [1.82, 2.24) is 16.2 Å². The van der Waals surface area contributed by atoms with Crippen molar-refractivity contribution in [2.45, 2.75) is 6.04 Å². The molecule has 1 aromatic rings. The second-order valence-electron chi connectivity index (χ2n) is 5.11. The summed E-state index contributed by atoms with van der Waals surface area (Å²) in [6.07, 6.45) is 0. The summed E-state index contributed by atoms with van der Waals surface area (Å²) in [5.74, 6) is -1.70. The number of hydrazine groups is 1. The highest BCUT2D eigenvalue weighted by atomic mass is 19.1. The summed E-state index contributed by atoms with van der Waals surface area (Å²) < 4.78 is 22.8. The van der Waals surface area contributed by atoms with E-state index in [0.717, 1.165) is 5.56 Å². The van der Waals surface area contributed by atoms with Gasteiger partial charge in [0.25, 0.3) is 5.91 Å². The Labute approximate surface area is 133 Å². The molecule has 0 aromatic heterocycles. The van der Waals surface area contributed by atoms with Gasteiger partial charge in [0.15, 0.2) is 6.61 Å². The third kappa shape index (κ3) is 4.98. The first kappa shape index (κ1) is 17.3. The average Bonchev–Trinajstić information content (AvgIpc) is 3.03. The van der Waals surface area contributed by atoms with E-state index in [-0.39, 0.29) is 24.4 Å². The van der Waals surface area contributed by atoms with Crippen LogP contribution in [-0.4, -0.2) is 45.3 Å². The van der Waals surface area contributed by atoms with Crippen LogP contribution in [0.15, 0.2) is 24.3 Å². The smallest absolute Gasteiger partial charge is 0.312 e. The minimum atomic E-state index is -0.493. The number of hydrogen-bond donors (Lipinski definition) is 3. The van der Waals surface area contributed by atoms with Crippen molar-refractivity contribution in [3.05, 3.63) is 35.6 Å². The summed E-state index contributed by atoms with van der Waals surface area (Å²) in [4.78, 5) is 23.7. The molecule has 7 nitrogen and oxygen atoms in total. The number of hydrogen-bond acceptors (Lipinski definition) is 6. The van der Waals surface area contributed by atoms with E-state index in [1.54, 1.807) is 12.1 Å². The van der Waals surface area contributed by atoms with Crippen LogP contribution >= 0.6 is 0 Å². The molecule has 0 aliphatic carbocycles. The molecule has 0 saturated carbocycles. The first-order valence-corrected chi connectivity index (χ1v) is 7.28. The predicted octanol–water partition coefficient (Wildman–Crippen LogP) is -0.103. The third-order valence-corrected chi connectivity index (χ3v) is 3.49. The lowest BCUT2D eigenvalue weighted by molar-refractivity contribution is -0.152. The van der Waals surface area contributed by atoms with Crippen molar-refractivity contribution < 1.29 is 23.5 Å². The number of esters is 1. The Morgan fingerprint density at radius 1 is 1.35 bits per heavy atom. The molecular formula is C15H20FN3O4. The van der Waals surface area contributed by atoms with Crippen molar-refractivity contribution >= 4 is 11.9 Å². The average molecular weight is 325 g/mol. The summed E-state index contributed by atoms with van der Waals surface area (Å²) in [6, 6.07) is 5.55. The fourth-order valence-electron chi connectivity index (χ4n) is 2.29. The summed E-state index contributed by atoms with van der Waals surface area (Å²) in [7, 11) is 1.53. The van der Waals surface area contributed by atoms with Crippen molar-refractivity contribution in [2.24, 2.45) is 5.92 Å². The summed E-state index contributed by atoms with van der Waals surface area (Å²) in [5, 5.41) is 2.56. The Hall–Kier alpha value is -2.03. The maximum atomic E-state index is 13.0. The molecule has 1 fully saturated rings. The molecule has 1 aromatic carbocycles. The van der Waals surface area contributed by atoms with Gasteiger partial charge in [0.05, 0.1) is 18.6 Å². The number of nitrogens with one attached hydrogen (secondary N) is 3. The molecule has 1 heterocycles. The van der Waals surface area contributed by atoms with E-state index in [1.807, 2.05) is 0 Å². The molecule has 2 rings (SSSR count). The standard InChI is InChI=1S/C15H20FN3O4/c1-22-7-6-17-13(20)9-23-15(21)12-8-18-19-14(12)10-2-4-11(16)5-3-10/h2-5,12,14,18-19H,6-9H2,1H3,(H,17,20). The monoisotopic (exact) mass is 325 g/mol. The largest absolute Gasteiger partial charge is 0.455 e. The maximum Gasteiger partial charge on any atom is 0.312 e. The lowest BCUT2D eigenvalue weighted by atomic mass is 9.95. The van der Waals surface area contributed by atoms with Gasteiger partial charge in [0.2, 0.25) is 0 Å². The van der Waals surface area contributed by atoms with Gasteiger partial charge in [0, 0.05) is 20.2 Å². The first-order valence-electron chi connectivity index (χ1n) is 7.28. The molecule has 0 bridgehead atoms. The molecule has 0 radical (unpaired) electrons. The third-order valence-electron chi connectivity index (χ3n) is 3.49.